The fourth-order valence-electron chi connectivity index (χ4n) is 2.00. The Morgan fingerprint density at radius 3 is 2.44 bits per heavy atom. The summed E-state index contributed by atoms with van der Waals surface area (Å²) >= 11 is 0. The van der Waals surface area contributed by atoms with Gasteiger partial charge in [0.05, 0.1) is 13.2 Å². The molecule has 1 aliphatic heterocycles. The van der Waals surface area contributed by atoms with E-state index >= 15 is 0 Å². The second-order valence-electron chi connectivity index (χ2n) is 3.46. The van der Waals surface area contributed by atoms with Crippen molar-refractivity contribution < 1.29 is 4.74 Å². The van der Waals surface area contributed by atoms with Gasteiger partial charge >= 0.3 is 0 Å². The summed E-state index contributed by atoms with van der Waals surface area (Å²) in [4.78, 5) is 0. The molecular formula is C7H13NO. The lowest BCUT2D eigenvalue weighted by Gasteiger charge is -2.10. The predicted octanol–water partition coefficient (Wildman–Crippen LogP) is 0.228. The van der Waals surface area contributed by atoms with Gasteiger partial charge < -0.3 is 10.5 Å². The van der Waals surface area contributed by atoms with Crippen LogP contribution >= 0.6 is 0 Å². The van der Waals surface area contributed by atoms with Crippen molar-refractivity contribution in [3.63, 3.8) is 0 Å². The molecule has 1 saturated carbocycles. The van der Waals surface area contributed by atoms with Gasteiger partial charge in [-0.15, -0.1) is 0 Å². The molecule has 2 rings (SSSR count). The molecule has 2 heteroatoms. The smallest absolute Gasteiger partial charge is 0.0503 e. The van der Waals surface area contributed by atoms with E-state index in [4.69, 9.17) is 10.5 Å². The van der Waals surface area contributed by atoms with Gasteiger partial charge in [0.15, 0.2) is 0 Å². The number of ether oxygens (including phenoxy) is 1. The first kappa shape index (κ1) is 5.69. The van der Waals surface area contributed by atoms with Crippen LogP contribution in [-0.2, 0) is 4.74 Å². The van der Waals surface area contributed by atoms with Gasteiger partial charge in [0.25, 0.3) is 0 Å². The zero-order valence-electron chi connectivity index (χ0n) is 5.76. The Labute approximate surface area is 55.4 Å². The third kappa shape index (κ3) is 0.528. The van der Waals surface area contributed by atoms with Crippen LogP contribution < -0.4 is 5.73 Å². The minimum atomic E-state index is 0.457. The van der Waals surface area contributed by atoms with E-state index in [1.807, 2.05) is 0 Å². The maximum absolute atomic E-state index is 5.60. The van der Waals surface area contributed by atoms with Crippen LogP contribution in [0.1, 0.15) is 6.92 Å². The van der Waals surface area contributed by atoms with E-state index in [-0.39, 0.29) is 0 Å². The van der Waals surface area contributed by atoms with Crippen molar-refractivity contribution in [3.8, 4) is 0 Å². The second kappa shape index (κ2) is 1.50. The third-order valence-corrected chi connectivity index (χ3v) is 3.11. The van der Waals surface area contributed by atoms with Gasteiger partial charge in [0.1, 0.15) is 0 Å². The number of hydrogen-bond acceptors (Lipinski definition) is 2. The average Bonchev–Trinajstić information content (AvgIpc) is 2.39. The maximum Gasteiger partial charge on any atom is 0.0503 e. The highest BCUT2D eigenvalue weighted by Gasteiger charge is 2.62. The lowest BCUT2D eigenvalue weighted by molar-refractivity contribution is 0.131. The quantitative estimate of drug-likeness (QED) is 0.547. The molecule has 52 valence electrons. The topological polar surface area (TPSA) is 35.2 Å². The number of fused-ring (bicyclic) bond motifs is 1. The standard InChI is InChI=1S/C7H13NO/c1-7(4-8)5-2-9-3-6(5)7/h5-6H,2-4,8H2,1H3/t5-,6+,7?. The molecule has 0 amide bonds. The molecule has 0 radical (unpaired) electrons. The van der Waals surface area contributed by atoms with Crippen molar-refractivity contribution in [3.05, 3.63) is 0 Å². The molecule has 0 aromatic carbocycles. The van der Waals surface area contributed by atoms with Crippen molar-refractivity contribution in [1.82, 2.24) is 0 Å². The van der Waals surface area contributed by atoms with E-state index < -0.39 is 0 Å². The summed E-state index contributed by atoms with van der Waals surface area (Å²) in [6.07, 6.45) is 0. The highest BCUT2D eigenvalue weighted by Crippen LogP contribution is 2.60. The summed E-state index contributed by atoms with van der Waals surface area (Å²) in [5, 5.41) is 0. The highest BCUT2D eigenvalue weighted by molar-refractivity contribution is 5.10. The minimum Gasteiger partial charge on any atom is -0.381 e. The minimum absolute atomic E-state index is 0.457. The monoisotopic (exact) mass is 127 g/mol. The normalized spacial score (nSPS) is 55.3. The van der Waals surface area contributed by atoms with E-state index in [1.165, 1.54) is 0 Å². The summed E-state index contributed by atoms with van der Waals surface area (Å²) < 4.78 is 5.25. The van der Waals surface area contributed by atoms with Gasteiger partial charge in [0.2, 0.25) is 0 Å². The van der Waals surface area contributed by atoms with Gasteiger partial charge in [-0.2, -0.15) is 0 Å². The highest BCUT2D eigenvalue weighted by atomic mass is 16.5. The van der Waals surface area contributed by atoms with Crippen LogP contribution in [0.4, 0.5) is 0 Å². The van der Waals surface area contributed by atoms with Crippen molar-refractivity contribution in [2.75, 3.05) is 19.8 Å². The molecule has 9 heavy (non-hydrogen) atoms. The first-order valence-corrected chi connectivity index (χ1v) is 3.57. The maximum atomic E-state index is 5.60. The lowest BCUT2D eigenvalue weighted by Crippen LogP contribution is -2.19. The van der Waals surface area contributed by atoms with Crippen LogP contribution in [0.15, 0.2) is 0 Å². The summed E-state index contributed by atoms with van der Waals surface area (Å²) in [6.45, 7) is 5.02. The molecule has 0 bridgehead atoms. The molecule has 0 aromatic heterocycles. The number of hydrogen-bond donors (Lipinski definition) is 1. The molecule has 2 N–H and O–H groups in total. The van der Waals surface area contributed by atoms with E-state index in [0.29, 0.717) is 5.41 Å². The Morgan fingerprint density at radius 2 is 2.11 bits per heavy atom. The van der Waals surface area contributed by atoms with E-state index in [2.05, 4.69) is 6.92 Å². The van der Waals surface area contributed by atoms with Gasteiger partial charge in [-0.3, -0.25) is 0 Å². The summed E-state index contributed by atoms with van der Waals surface area (Å²) in [7, 11) is 0. The van der Waals surface area contributed by atoms with Crippen LogP contribution in [0.25, 0.3) is 0 Å². The van der Waals surface area contributed by atoms with Crippen molar-refractivity contribution in [1.29, 1.82) is 0 Å². The lowest BCUT2D eigenvalue weighted by atomic mass is 10.1. The Balaban J connectivity index is 2.07. The molecule has 1 aliphatic carbocycles. The van der Waals surface area contributed by atoms with Crippen molar-refractivity contribution >= 4 is 0 Å². The summed E-state index contributed by atoms with van der Waals surface area (Å²) in [5.41, 5.74) is 6.06. The van der Waals surface area contributed by atoms with Crippen LogP contribution in [0.5, 0.6) is 0 Å². The average molecular weight is 127 g/mol. The van der Waals surface area contributed by atoms with E-state index in [0.717, 1.165) is 31.6 Å². The van der Waals surface area contributed by atoms with Gasteiger partial charge in [-0.25, -0.2) is 0 Å². The third-order valence-electron chi connectivity index (χ3n) is 3.11. The Bertz CT molecular complexity index is 125. The largest absolute Gasteiger partial charge is 0.381 e. The fourth-order valence-corrected chi connectivity index (χ4v) is 2.00. The molecular weight excluding hydrogens is 114 g/mol. The first-order valence-electron chi connectivity index (χ1n) is 3.57. The fraction of sp³-hybridized carbons (Fsp3) is 1.00. The number of nitrogens with two attached hydrogens (primary N) is 1. The van der Waals surface area contributed by atoms with E-state index in [9.17, 15) is 0 Å². The van der Waals surface area contributed by atoms with E-state index in [1.54, 1.807) is 0 Å². The second-order valence-corrected chi connectivity index (χ2v) is 3.46. The van der Waals surface area contributed by atoms with Crippen LogP contribution in [0, 0.1) is 17.3 Å². The molecule has 3 atom stereocenters. The van der Waals surface area contributed by atoms with Gasteiger partial charge in [-0.1, -0.05) is 6.92 Å². The molecule has 2 nitrogen and oxygen atoms in total. The zero-order chi connectivity index (χ0) is 6.48. The first-order chi connectivity index (χ1) is 4.29. The molecule has 1 saturated heterocycles. The molecule has 1 unspecified atom stereocenters. The Hall–Kier alpha value is -0.0800. The molecule has 2 aliphatic rings. The van der Waals surface area contributed by atoms with Gasteiger partial charge in [0, 0.05) is 0 Å². The van der Waals surface area contributed by atoms with Crippen LogP contribution in [0.2, 0.25) is 0 Å². The predicted molar refractivity (Wildman–Crippen MR) is 35.0 cm³/mol. The zero-order valence-corrected chi connectivity index (χ0v) is 5.76. The van der Waals surface area contributed by atoms with Gasteiger partial charge in [-0.05, 0) is 23.8 Å². The summed E-state index contributed by atoms with van der Waals surface area (Å²) in [6, 6.07) is 0. The van der Waals surface area contributed by atoms with Crippen LogP contribution in [0.3, 0.4) is 0 Å². The molecule has 0 spiro atoms. The molecule has 0 aromatic rings. The van der Waals surface area contributed by atoms with Crippen LogP contribution in [-0.4, -0.2) is 19.8 Å². The SMILES string of the molecule is CC1(CN)[C@@H]2COC[C@@H]21. The van der Waals surface area contributed by atoms with Crippen molar-refractivity contribution in [2.45, 2.75) is 6.92 Å². The van der Waals surface area contributed by atoms with Crippen molar-refractivity contribution in [2.24, 2.45) is 23.0 Å². The summed E-state index contributed by atoms with van der Waals surface area (Å²) in [5.74, 6) is 1.59. The molecule has 1 heterocycles. The molecule has 2 fully saturated rings. The Morgan fingerprint density at radius 1 is 1.56 bits per heavy atom. The number of rotatable bonds is 1. The Kier molecular flexibility index (Phi) is 0.945.